The van der Waals surface area contributed by atoms with Gasteiger partial charge >= 0.3 is 0 Å². The molecule has 0 heterocycles. The van der Waals surface area contributed by atoms with E-state index >= 15 is 0 Å². The second-order valence-electron chi connectivity index (χ2n) is 13.6. The van der Waals surface area contributed by atoms with E-state index in [1.54, 1.807) is 0 Å². The second kappa shape index (κ2) is 17.7. The molecule has 54 heavy (non-hydrogen) atoms. The molecule has 0 N–H and O–H groups in total. The van der Waals surface area contributed by atoms with Crippen molar-refractivity contribution in [3.63, 3.8) is 0 Å². The third-order valence-corrected chi connectivity index (χ3v) is 9.64. The molecule has 0 heteroatoms. The summed E-state index contributed by atoms with van der Waals surface area (Å²) in [5.74, 6) is 27.1. The van der Waals surface area contributed by atoms with Gasteiger partial charge in [0.05, 0.1) is 0 Å². The van der Waals surface area contributed by atoms with E-state index in [-0.39, 0.29) is 0 Å². The summed E-state index contributed by atoms with van der Waals surface area (Å²) >= 11 is 0. The Labute approximate surface area is 321 Å². The molecule has 0 aliphatic carbocycles. The fraction of sp³-hybridized carbons (Fsp3) is 0.148. The van der Waals surface area contributed by atoms with E-state index in [2.05, 4.69) is 183 Å². The van der Waals surface area contributed by atoms with Crippen molar-refractivity contribution in [2.45, 2.75) is 52.4 Å². The molecule has 0 atom stereocenters. The monoisotopic (exact) mass is 690 g/mol. The van der Waals surface area contributed by atoms with Crippen molar-refractivity contribution < 1.29 is 0 Å². The molecule has 0 saturated heterocycles. The fourth-order valence-electron chi connectivity index (χ4n) is 6.50. The van der Waals surface area contributed by atoms with E-state index in [1.807, 2.05) is 24.3 Å². The van der Waals surface area contributed by atoms with Gasteiger partial charge in [-0.25, -0.2) is 0 Å². The van der Waals surface area contributed by atoms with Gasteiger partial charge in [0.15, 0.2) is 0 Å². The lowest BCUT2D eigenvalue weighted by atomic mass is 9.99. The van der Waals surface area contributed by atoms with Gasteiger partial charge in [-0.15, -0.1) is 0 Å². The van der Waals surface area contributed by atoms with Crippen LogP contribution in [0, 0.1) is 47.4 Å². The predicted octanol–water partition coefficient (Wildman–Crippen LogP) is 12.3. The first-order valence-electron chi connectivity index (χ1n) is 19.1. The standard InChI is InChI=1S/C54H42/c1-3-5-11-41-17-21-43(22-18-41)29-33-47-37-39-49(53-15-9-7-13-51(47)53)35-31-45-25-27-46(28-26-45)32-36-50-40-38-48(52-14-8-10-16-54(50)52)34-30-44-23-19-42(20-24-44)12-6-4-2/h7-10,13-28,37-40H,3-6,11-12H2,1-2H3. The number of hydrogen-bond acceptors (Lipinski definition) is 0. The Kier molecular flexibility index (Phi) is 11.7. The van der Waals surface area contributed by atoms with Crippen LogP contribution < -0.4 is 0 Å². The van der Waals surface area contributed by atoms with Gasteiger partial charge in [-0.2, -0.15) is 0 Å². The summed E-state index contributed by atoms with van der Waals surface area (Å²) < 4.78 is 0. The van der Waals surface area contributed by atoms with Crippen LogP contribution >= 0.6 is 0 Å². The van der Waals surface area contributed by atoms with Crippen LogP contribution in [0.3, 0.4) is 0 Å². The Bertz CT molecular complexity index is 2470. The average molecular weight is 691 g/mol. The highest BCUT2D eigenvalue weighted by molar-refractivity contribution is 5.94. The summed E-state index contributed by atoms with van der Waals surface area (Å²) in [6, 6.07) is 50.6. The molecule has 0 unspecified atom stereocenters. The van der Waals surface area contributed by atoms with Gasteiger partial charge in [0.25, 0.3) is 0 Å². The number of unbranched alkanes of at least 4 members (excludes halogenated alkanes) is 2. The first-order chi connectivity index (χ1) is 26.7. The van der Waals surface area contributed by atoms with Crippen molar-refractivity contribution in [2.24, 2.45) is 0 Å². The maximum atomic E-state index is 3.42. The minimum absolute atomic E-state index is 0.944. The molecule has 0 nitrogen and oxygen atoms in total. The number of rotatable bonds is 6. The zero-order chi connectivity index (χ0) is 37.0. The summed E-state index contributed by atoms with van der Waals surface area (Å²) in [5, 5.41) is 4.44. The second-order valence-corrected chi connectivity index (χ2v) is 13.6. The molecule has 0 spiro atoms. The largest absolute Gasteiger partial charge is 0.0654 e. The van der Waals surface area contributed by atoms with Crippen LogP contribution in [0.25, 0.3) is 21.5 Å². The zero-order valence-corrected chi connectivity index (χ0v) is 31.1. The molecule has 0 bridgehead atoms. The Hall–Kier alpha value is -6.70. The lowest BCUT2D eigenvalue weighted by Gasteiger charge is -2.04. The molecular weight excluding hydrogens is 649 g/mol. The van der Waals surface area contributed by atoms with Crippen LogP contribution in [-0.4, -0.2) is 0 Å². The van der Waals surface area contributed by atoms with E-state index in [1.165, 1.54) is 36.8 Å². The van der Waals surface area contributed by atoms with Gasteiger partial charge in [-0.05, 0) is 131 Å². The van der Waals surface area contributed by atoms with Gasteiger partial charge in [-0.1, -0.05) is 147 Å². The van der Waals surface area contributed by atoms with E-state index in [4.69, 9.17) is 0 Å². The highest BCUT2D eigenvalue weighted by Gasteiger charge is 2.05. The van der Waals surface area contributed by atoms with Gasteiger partial charge in [0, 0.05) is 44.5 Å². The quantitative estimate of drug-likeness (QED) is 0.152. The number of fused-ring (bicyclic) bond motifs is 2. The highest BCUT2D eigenvalue weighted by atomic mass is 14.1. The normalized spacial score (nSPS) is 10.3. The summed E-state index contributed by atoms with van der Waals surface area (Å²) in [7, 11) is 0. The van der Waals surface area contributed by atoms with Crippen molar-refractivity contribution in [1.82, 2.24) is 0 Å². The lowest BCUT2D eigenvalue weighted by Crippen LogP contribution is -1.87. The number of benzene rings is 7. The summed E-state index contributed by atoms with van der Waals surface area (Å²) in [4.78, 5) is 0. The van der Waals surface area contributed by atoms with E-state index < -0.39 is 0 Å². The first kappa shape index (κ1) is 35.7. The number of hydrogen-bond donors (Lipinski definition) is 0. The summed E-state index contributed by atoms with van der Waals surface area (Å²) in [6.07, 6.45) is 7.08. The van der Waals surface area contributed by atoms with Crippen molar-refractivity contribution in [2.75, 3.05) is 0 Å². The Morgan fingerprint density at radius 2 is 0.556 bits per heavy atom. The van der Waals surface area contributed by atoms with E-state index in [0.717, 1.165) is 78.9 Å². The Morgan fingerprint density at radius 3 is 0.815 bits per heavy atom. The van der Waals surface area contributed by atoms with Crippen LogP contribution in [0.4, 0.5) is 0 Å². The van der Waals surface area contributed by atoms with Crippen LogP contribution in [0.2, 0.25) is 0 Å². The molecule has 0 amide bonds. The lowest BCUT2D eigenvalue weighted by molar-refractivity contribution is 0.795. The molecule has 0 aromatic heterocycles. The van der Waals surface area contributed by atoms with Gasteiger partial charge < -0.3 is 0 Å². The predicted molar refractivity (Wildman–Crippen MR) is 228 cm³/mol. The van der Waals surface area contributed by atoms with Crippen molar-refractivity contribution in [3.8, 4) is 47.4 Å². The maximum absolute atomic E-state index is 3.42. The molecule has 0 aliphatic heterocycles. The van der Waals surface area contributed by atoms with Crippen molar-refractivity contribution >= 4 is 21.5 Å². The Morgan fingerprint density at radius 1 is 0.296 bits per heavy atom. The van der Waals surface area contributed by atoms with E-state index in [0.29, 0.717) is 0 Å². The maximum Gasteiger partial charge on any atom is 0.0328 e. The fourth-order valence-corrected chi connectivity index (χ4v) is 6.50. The summed E-state index contributed by atoms with van der Waals surface area (Å²) in [5.41, 5.74) is 10.7. The third-order valence-electron chi connectivity index (χ3n) is 9.64. The molecule has 7 aromatic carbocycles. The zero-order valence-electron chi connectivity index (χ0n) is 31.1. The minimum Gasteiger partial charge on any atom is -0.0654 e. The van der Waals surface area contributed by atoms with Crippen molar-refractivity contribution in [3.05, 3.63) is 201 Å². The molecule has 0 saturated carbocycles. The molecule has 0 fully saturated rings. The molecule has 0 radical (unpaired) electrons. The number of aryl methyl sites for hydroxylation is 2. The third kappa shape index (κ3) is 9.02. The molecule has 7 aromatic rings. The molecule has 258 valence electrons. The van der Waals surface area contributed by atoms with Crippen LogP contribution in [-0.2, 0) is 12.8 Å². The summed E-state index contributed by atoms with van der Waals surface area (Å²) in [6.45, 7) is 4.45. The van der Waals surface area contributed by atoms with Crippen molar-refractivity contribution in [1.29, 1.82) is 0 Å². The Balaban J connectivity index is 1.06. The van der Waals surface area contributed by atoms with E-state index in [9.17, 15) is 0 Å². The molecule has 7 rings (SSSR count). The van der Waals surface area contributed by atoms with Gasteiger partial charge in [0.2, 0.25) is 0 Å². The minimum atomic E-state index is 0.944. The smallest absolute Gasteiger partial charge is 0.0328 e. The first-order valence-corrected chi connectivity index (χ1v) is 19.1. The van der Waals surface area contributed by atoms with Crippen LogP contribution in [0.1, 0.15) is 95.2 Å². The van der Waals surface area contributed by atoms with Crippen LogP contribution in [0.15, 0.2) is 146 Å². The molecule has 0 aliphatic rings. The topological polar surface area (TPSA) is 0 Å². The average Bonchev–Trinajstić information content (AvgIpc) is 3.23. The highest BCUT2D eigenvalue weighted by Crippen LogP contribution is 2.24. The van der Waals surface area contributed by atoms with Gasteiger partial charge in [-0.3, -0.25) is 0 Å². The SMILES string of the molecule is CCCCc1ccc(C#Cc2ccc(C#Cc3ccc(C#Cc4ccc(C#Cc5ccc(CCCC)cc5)c5ccccc45)cc3)c3ccccc23)cc1. The molecular formula is C54H42. The van der Waals surface area contributed by atoms with Crippen LogP contribution in [0.5, 0.6) is 0 Å². The van der Waals surface area contributed by atoms with Gasteiger partial charge in [0.1, 0.15) is 0 Å².